The van der Waals surface area contributed by atoms with Gasteiger partial charge in [0.15, 0.2) is 0 Å². The van der Waals surface area contributed by atoms with Gasteiger partial charge in [0.05, 0.1) is 12.0 Å². The van der Waals surface area contributed by atoms with Crippen LogP contribution < -0.4 is 10.6 Å². The minimum Gasteiger partial charge on any atom is -0.350 e. The summed E-state index contributed by atoms with van der Waals surface area (Å²) in [5.74, 6) is 1.26. The zero-order valence-corrected chi connectivity index (χ0v) is 16.8. The molecule has 0 spiro atoms. The Morgan fingerprint density at radius 1 is 1.04 bits per heavy atom. The van der Waals surface area contributed by atoms with E-state index in [1.807, 2.05) is 20.8 Å². The number of hydrogen-bond donors (Lipinski definition) is 2. The lowest BCUT2D eigenvalue weighted by Crippen LogP contribution is -2.59. The van der Waals surface area contributed by atoms with E-state index < -0.39 is 0 Å². The Labute approximate surface area is 162 Å². The van der Waals surface area contributed by atoms with E-state index >= 15 is 0 Å². The van der Waals surface area contributed by atoms with E-state index in [2.05, 4.69) is 41.0 Å². The molecule has 4 fully saturated rings. The van der Waals surface area contributed by atoms with Crippen molar-refractivity contribution in [2.75, 3.05) is 6.54 Å². The minimum atomic E-state index is -0.290. The lowest BCUT2D eigenvalue weighted by molar-refractivity contribution is -0.150. The predicted octanol–water partition coefficient (Wildman–Crippen LogP) is 3.56. The van der Waals surface area contributed by atoms with Crippen molar-refractivity contribution >= 4 is 11.8 Å². The first-order chi connectivity index (χ1) is 12.7. The Bertz CT molecular complexity index is 720. The molecule has 0 heterocycles. The van der Waals surface area contributed by atoms with Crippen molar-refractivity contribution in [2.24, 2.45) is 17.3 Å². The first-order valence-corrected chi connectivity index (χ1v) is 10.3. The molecule has 146 valence electrons. The van der Waals surface area contributed by atoms with Crippen LogP contribution in [-0.2, 0) is 15.0 Å². The highest BCUT2D eigenvalue weighted by molar-refractivity contribution is 5.88. The number of rotatable bonds is 4. The molecule has 2 atom stereocenters. The van der Waals surface area contributed by atoms with Gasteiger partial charge in [0, 0.05) is 5.54 Å². The number of benzene rings is 1. The van der Waals surface area contributed by atoms with Crippen LogP contribution in [0.1, 0.15) is 64.9 Å². The molecule has 1 aromatic carbocycles. The summed E-state index contributed by atoms with van der Waals surface area (Å²) in [4.78, 5) is 25.4. The smallest absolute Gasteiger partial charge is 0.239 e. The largest absolute Gasteiger partial charge is 0.350 e. The van der Waals surface area contributed by atoms with Crippen LogP contribution in [0.4, 0.5) is 0 Å². The van der Waals surface area contributed by atoms with E-state index in [-0.39, 0.29) is 34.7 Å². The molecule has 4 aliphatic carbocycles. The summed E-state index contributed by atoms with van der Waals surface area (Å²) in [7, 11) is 0. The Morgan fingerprint density at radius 2 is 1.67 bits per heavy atom. The van der Waals surface area contributed by atoms with Gasteiger partial charge >= 0.3 is 0 Å². The molecule has 2 N–H and O–H groups in total. The van der Waals surface area contributed by atoms with Gasteiger partial charge in [-0.2, -0.15) is 0 Å². The molecule has 0 aromatic heterocycles. The van der Waals surface area contributed by atoms with Gasteiger partial charge in [-0.05, 0) is 82.1 Å². The molecule has 0 radical (unpaired) electrons. The van der Waals surface area contributed by atoms with E-state index in [4.69, 9.17) is 0 Å². The molecule has 2 amide bonds. The van der Waals surface area contributed by atoms with Crippen LogP contribution in [0.15, 0.2) is 30.3 Å². The van der Waals surface area contributed by atoms with Crippen molar-refractivity contribution in [3.63, 3.8) is 0 Å². The molecule has 0 aliphatic heterocycles. The van der Waals surface area contributed by atoms with Gasteiger partial charge in [0.25, 0.3) is 0 Å². The first-order valence-electron chi connectivity index (χ1n) is 10.3. The molecular weight excluding hydrogens is 336 g/mol. The van der Waals surface area contributed by atoms with Crippen molar-refractivity contribution in [1.82, 2.24) is 10.6 Å². The second-order valence-corrected chi connectivity index (χ2v) is 10.4. The molecule has 2 unspecified atom stereocenters. The molecule has 1 aromatic rings. The zero-order valence-electron chi connectivity index (χ0n) is 16.8. The van der Waals surface area contributed by atoms with Crippen LogP contribution in [0, 0.1) is 17.3 Å². The summed E-state index contributed by atoms with van der Waals surface area (Å²) in [6.45, 7) is 5.94. The van der Waals surface area contributed by atoms with Crippen LogP contribution in [-0.4, -0.2) is 23.9 Å². The van der Waals surface area contributed by atoms with Gasteiger partial charge in [-0.3, -0.25) is 9.59 Å². The number of carbonyl (C=O) groups is 2. The van der Waals surface area contributed by atoms with Gasteiger partial charge in [-0.15, -0.1) is 0 Å². The van der Waals surface area contributed by atoms with Gasteiger partial charge in [0.2, 0.25) is 11.8 Å². The summed E-state index contributed by atoms with van der Waals surface area (Å²) >= 11 is 0. The fourth-order valence-corrected chi connectivity index (χ4v) is 6.47. The summed E-state index contributed by atoms with van der Waals surface area (Å²) in [6.07, 6.45) is 6.62. The summed E-state index contributed by atoms with van der Waals surface area (Å²) in [6, 6.07) is 10.8. The summed E-state index contributed by atoms with van der Waals surface area (Å²) in [5, 5.41) is 5.91. The first kappa shape index (κ1) is 18.5. The molecule has 4 aliphatic rings. The Kier molecular flexibility index (Phi) is 4.36. The maximum Gasteiger partial charge on any atom is 0.239 e. The van der Waals surface area contributed by atoms with Crippen LogP contribution in [0.3, 0.4) is 0 Å². The summed E-state index contributed by atoms with van der Waals surface area (Å²) < 4.78 is 0. The lowest BCUT2D eigenvalue weighted by atomic mass is 9.42. The van der Waals surface area contributed by atoms with Crippen molar-refractivity contribution in [3.05, 3.63) is 35.9 Å². The van der Waals surface area contributed by atoms with E-state index in [0.717, 1.165) is 19.3 Å². The van der Waals surface area contributed by atoms with E-state index in [1.54, 1.807) is 0 Å². The third kappa shape index (κ3) is 3.51. The molecule has 0 saturated heterocycles. The van der Waals surface area contributed by atoms with Crippen molar-refractivity contribution < 1.29 is 9.59 Å². The number of hydrogen-bond acceptors (Lipinski definition) is 2. The molecule has 5 rings (SSSR count). The summed E-state index contributed by atoms with van der Waals surface area (Å²) in [5.41, 5.74) is 0.986. The van der Waals surface area contributed by atoms with E-state index in [1.165, 1.54) is 24.8 Å². The monoisotopic (exact) mass is 368 g/mol. The molecule has 4 nitrogen and oxygen atoms in total. The minimum absolute atomic E-state index is 0.0749. The predicted molar refractivity (Wildman–Crippen MR) is 106 cm³/mol. The SMILES string of the molecule is CC(C)(C)NC(=O)CNC(=O)C12CC3CC(C1)CC(c1ccccc1)(C3)C2. The number of carbonyl (C=O) groups excluding carboxylic acids is 2. The van der Waals surface area contributed by atoms with E-state index in [9.17, 15) is 9.59 Å². The average Bonchev–Trinajstić information content (AvgIpc) is 2.58. The van der Waals surface area contributed by atoms with Crippen LogP contribution in [0.2, 0.25) is 0 Å². The molecule has 4 heteroatoms. The second-order valence-electron chi connectivity index (χ2n) is 10.4. The highest BCUT2D eigenvalue weighted by Crippen LogP contribution is 2.65. The Balaban J connectivity index is 1.51. The number of nitrogens with one attached hydrogen (secondary N) is 2. The zero-order chi connectivity index (χ0) is 19.3. The molecule has 4 saturated carbocycles. The fraction of sp³-hybridized carbons (Fsp3) is 0.652. The molecule has 4 bridgehead atoms. The van der Waals surface area contributed by atoms with E-state index in [0.29, 0.717) is 11.8 Å². The molecule has 27 heavy (non-hydrogen) atoms. The normalized spacial score (nSPS) is 34.3. The van der Waals surface area contributed by atoms with Gasteiger partial charge in [0.1, 0.15) is 0 Å². The van der Waals surface area contributed by atoms with Gasteiger partial charge < -0.3 is 10.6 Å². The standard InChI is InChI=1S/C23H32N2O2/c1-21(2,3)25-19(26)14-24-20(27)23-12-16-9-17(13-23)11-22(10-16,15-23)18-7-5-4-6-8-18/h4-8,16-17H,9-15H2,1-3H3,(H,24,27)(H,25,26). The molecular formula is C23H32N2O2. The van der Waals surface area contributed by atoms with Crippen LogP contribution >= 0.6 is 0 Å². The van der Waals surface area contributed by atoms with Crippen molar-refractivity contribution in [3.8, 4) is 0 Å². The third-order valence-electron chi connectivity index (χ3n) is 6.85. The Hall–Kier alpha value is -1.84. The highest BCUT2D eigenvalue weighted by atomic mass is 16.2. The number of amides is 2. The topological polar surface area (TPSA) is 58.2 Å². The van der Waals surface area contributed by atoms with Crippen molar-refractivity contribution in [1.29, 1.82) is 0 Å². The van der Waals surface area contributed by atoms with Crippen molar-refractivity contribution in [2.45, 2.75) is 70.3 Å². The third-order valence-corrected chi connectivity index (χ3v) is 6.85. The lowest BCUT2D eigenvalue weighted by Gasteiger charge is -2.61. The quantitative estimate of drug-likeness (QED) is 0.854. The maximum atomic E-state index is 13.2. The fourth-order valence-electron chi connectivity index (χ4n) is 6.47. The van der Waals surface area contributed by atoms with Gasteiger partial charge in [-0.25, -0.2) is 0 Å². The highest BCUT2D eigenvalue weighted by Gasteiger charge is 2.60. The van der Waals surface area contributed by atoms with Crippen LogP contribution in [0.25, 0.3) is 0 Å². The van der Waals surface area contributed by atoms with Crippen LogP contribution in [0.5, 0.6) is 0 Å². The Morgan fingerprint density at radius 3 is 2.26 bits per heavy atom. The maximum absolute atomic E-state index is 13.2. The second kappa shape index (κ2) is 6.35. The van der Waals surface area contributed by atoms with Gasteiger partial charge in [-0.1, -0.05) is 30.3 Å². The average molecular weight is 369 g/mol.